The lowest BCUT2D eigenvalue weighted by Crippen LogP contribution is -2.26. The van der Waals surface area contributed by atoms with Crippen LogP contribution >= 0.6 is 0 Å². The van der Waals surface area contributed by atoms with Gasteiger partial charge in [0.2, 0.25) is 0 Å². The Morgan fingerprint density at radius 3 is 2.38 bits per heavy atom. The molecule has 6 nitrogen and oxygen atoms in total. The summed E-state index contributed by atoms with van der Waals surface area (Å²) >= 11 is 0. The molecule has 3 rings (SSSR count). The number of rotatable bonds is 6. The summed E-state index contributed by atoms with van der Waals surface area (Å²) in [5.74, 6) is -0.301. The van der Waals surface area contributed by atoms with E-state index >= 15 is 0 Å². The average molecular weight is 322 g/mol. The van der Waals surface area contributed by atoms with Gasteiger partial charge in [-0.3, -0.25) is 4.79 Å². The van der Waals surface area contributed by atoms with Gasteiger partial charge in [0.1, 0.15) is 5.69 Å². The standard InChI is InChI=1S/C18H18N4O2/c23-13-7-12-19-18(24)16-17(14-8-3-1-4-9-14)22(21-20-16)15-10-5-2-6-11-15/h1-6,8-11,23H,7,12-13H2,(H,19,24). The third kappa shape index (κ3) is 3.33. The maximum atomic E-state index is 12.4. The Labute approximate surface area is 139 Å². The minimum Gasteiger partial charge on any atom is -0.396 e. The second-order valence-electron chi connectivity index (χ2n) is 5.23. The summed E-state index contributed by atoms with van der Waals surface area (Å²) < 4.78 is 1.66. The van der Waals surface area contributed by atoms with Crippen molar-refractivity contribution in [1.82, 2.24) is 20.3 Å². The molecule has 0 aliphatic rings. The van der Waals surface area contributed by atoms with Crippen LogP contribution in [0.5, 0.6) is 0 Å². The van der Waals surface area contributed by atoms with Gasteiger partial charge in [0.25, 0.3) is 5.91 Å². The van der Waals surface area contributed by atoms with E-state index in [0.29, 0.717) is 18.7 Å². The van der Waals surface area contributed by atoms with Crippen LogP contribution in [-0.2, 0) is 0 Å². The molecule has 2 aromatic carbocycles. The molecule has 0 radical (unpaired) electrons. The fraction of sp³-hybridized carbons (Fsp3) is 0.167. The Kier molecular flexibility index (Phi) is 4.98. The maximum absolute atomic E-state index is 12.4. The molecule has 6 heteroatoms. The molecule has 122 valence electrons. The summed E-state index contributed by atoms with van der Waals surface area (Å²) in [4.78, 5) is 12.4. The molecule has 1 heterocycles. The van der Waals surface area contributed by atoms with Crippen LogP contribution in [0.3, 0.4) is 0 Å². The number of nitrogens with zero attached hydrogens (tertiary/aromatic N) is 3. The SMILES string of the molecule is O=C(NCCCO)c1nnn(-c2ccccc2)c1-c1ccccc1. The summed E-state index contributed by atoms with van der Waals surface area (Å²) in [5, 5.41) is 19.9. The Balaban J connectivity index is 2.04. The Bertz CT molecular complexity index is 800. The van der Waals surface area contributed by atoms with E-state index in [-0.39, 0.29) is 18.2 Å². The number of aromatic nitrogens is 3. The van der Waals surface area contributed by atoms with Crippen molar-refractivity contribution >= 4 is 5.91 Å². The summed E-state index contributed by atoms with van der Waals surface area (Å²) in [5.41, 5.74) is 2.60. The second kappa shape index (κ2) is 7.52. The van der Waals surface area contributed by atoms with Gasteiger partial charge in [0.15, 0.2) is 5.69 Å². The molecule has 2 N–H and O–H groups in total. The van der Waals surface area contributed by atoms with Crippen molar-refractivity contribution in [3.63, 3.8) is 0 Å². The van der Waals surface area contributed by atoms with Gasteiger partial charge in [-0.15, -0.1) is 5.10 Å². The first kappa shape index (κ1) is 15.9. The van der Waals surface area contributed by atoms with E-state index in [9.17, 15) is 4.79 Å². The van der Waals surface area contributed by atoms with E-state index in [1.54, 1.807) is 4.68 Å². The number of aliphatic hydroxyl groups excluding tert-OH is 1. The fourth-order valence-electron chi connectivity index (χ4n) is 2.40. The Hall–Kier alpha value is -2.99. The van der Waals surface area contributed by atoms with Crippen molar-refractivity contribution in [3.05, 3.63) is 66.4 Å². The molecule has 0 fully saturated rings. The van der Waals surface area contributed by atoms with Gasteiger partial charge in [-0.25, -0.2) is 4.68 Å². The molecule has 0 bridgehead atoms. The van der Waals surface area contributed by atoms with E-state index in [4.69, 9.17) is 5.11 Å². The molecule has 0 aliphatic heterocycles. The van der Waals surface area contributed by atoms with Gasteiger partial charge in [-0.1, -0.05) is 53.7 Å². The minimum atomic E-state index is -0.301. The Morgan fingerprint density at radius 1 is 1.04 bits per heavy atom. The van der Waals surface area contributed by atoms with E-state index in [1.807, 2.05) is 60.7 Å². The number of carbonyl (C=O) groups excluding carboxylic acids is 1. The smallest absolute Gasteiger partial charge is 0.274 e. The summed E-state index contributed by atoms with van der Waals surface area (Å²) in [6, 6.07) is 19.1. The topological polar surface area (TPSA) is 80.0 Å². The van der Waals surface area contributed by atoms with Gasteiger partial charge in [-0.05, 0) is 18.6 Å². The van der Waals surface area contributed by atoms with Gasteiger partial charge in [0.05, 0.1) is 5.69 Å². The van der Waals surface area contributed by atoms with Crippen molar-refractivity contribution < 1.29 is 9.90 Å². The normalized spacial score (nSPS) is 10.5. The average Bonchev–Trinajstić information content (AvgIpc) is 3.08. The third-order valence-corrected chi connectivity index (χ3v) is 3.55. The molecular formula is C18H18N4O2. The molecule has 1 aromatic heterocycles. The first-order chi connectivity index (χ1) is 11.8. The molecular weight excluding hydrogens is 304 g/mol. The van der Waals surface area contributed by atoms with Crippen molar-refractivity contribution in [2.75, 3.05) is 13.2 Å². The number of benzene rings is 2. The molecule has 24 heavy (non-hydrogen) atoms. The summed E-state index contributed by atoms with van der Waals surface area (Å²) in [7, 11) is 0. The number of hydrogen-bond acceptors (Lipinski definition) is 4. The van der Waals surface area contributed by atoms with Crippen molar-refractivity contribution in [3.8, 4) is 16.9 Å². The van der Waals surface area contributed by atoms with Crippen LogP contribution in [0.15, 0.2) is 60.7 Å². The predicted molar refractivity (Wildman–Crippen MR) is 90.8 cm³/mol. The third-order valence-electron chi connectivity index (χ3n) is 3.55. The quantitative estimate of drug-likeness (QED) is 0.681. The highest BCUT2D eigenvalue weighted by atomic mass is 16.3. The van der Waals surface area contributed by atoms with Crippen LogP contribution in [0, 0.1) is 0 Å². The van der Waals surface area contributed by atoms with Gasteiger partial charge < -0.3 is 10.4 Å². The van der Waals surface area contributed by atoms with Crippen LogP contribution in [0.1, 0.15) is 16.9 Å². The van der Waals surface area contributed by atoms with Crippen LogP contribution in [0.25, 0.3) is 16.9 Å². The maximum Gasteiger partial charge on any atom is 0.274 e. The highest BCUT2D eigenvalue weighted by Gasteiger charge is 2.21. The minimum absolute atomic E-state index is 0.0303. The molecule has 0 aliphatic carbocycles. The second-order valence-corrected chi connectivity index (χ2v) is 5.23. The zero-order chi connectivity index (χ0) is 16.8. The molecule has 1 amide bonds. The monoisotopic (exact) mass is 322 g/mol. The van der Waals surface area contributed by atoms with Crippen molar-refractivity contribution in [1.29, 1.82) is 0 Å². The van der Waals surface area contributed by atoms with Gasteiger partial charge in [-0.2, -0.15) is 0 Å². The number of hydrogen-bond donors (Lipinski definition) is 2. The van der Waals surface area contributed by atoms with Crippen LogP contribution in [0.2, 0.25) is 0 Å². The summed E-state index contributed by atoms with van der Waals surface area (Å²) in [6.45, 7) is 0.421. The lowest BCUT2D eigenvalue weighted by atomic mass is 10.1. The van der Waals surface area contributed by atoms with Crippen LogP contribution < -0.4 is 5.32 Å². The molecule has 3 aromatic rings. The number of para-hydroxylation sites is 1. The zero-order valence-corrected chi connectivity index (χ0v) is 13.1. The van der Waals surface area contributed by atoms with Crippen molar-refractivity contribution in [2.45, 2.75) is 6.42 Å². The Morgan fingerprint density at radius 2 is 1.71 bits per heavy atom. The number of aliphatic hydroxyl groups is 1. The van der Waals surface area contributed by atoms with Crippen molar-refractivity contribution in [2.24, 2.45) is 0 Å². The van der Waals surface area contributed by atoms with Crippen LogP contribution in [-0.4, -0.2) is 39.2 Å². The number of carbonyl (C=O) groups is 1. The van der Waals surface area contributed by atoms with E-state index in [1.165, 1.54) is 0 Å². The lowest BCUT2D eigenvalue weighted by molar-refractivity contribution is 0.0947. The highest BCUT2D eigenvalue weighted by Crippen LogP contribution is 2.25. The number of amides is 1. The largest absolute Gasteiger partial charge is 0.396 e. The number of nitrogens with one attached hydrogen (secondary N) is 1. The lowest BCUT2D eigenvalue weighted by Gasteiger charge is -2.08. The molecule has 0 spiro atoms. The molecule has 0 unspecified atom stereocenters. The first-order valence-electron chi connectivity index (χ1n) is 7.77. The first-order valence-corrected chi connectivity index (χ1v) is 7.77. The van der Waals surface area contributed by atoms with Gasteiger partial charge >= 0.3 is 0 Å². The van der Waals surface area contributed by atoms with E-state index in [2.05, 4.69) is 15.6 Å². The predicted octanol–water partition coefficient (Wildman–Crippen LogP) is 2.05. The highest BCUT2D eigenvalue weighted by molar-refractivity contribution is 5.98. The van der Waals surface area contributed by atoms with Crippen LogP contribution in [0.4, 0.5) is 0 Å². The molecule has 0 saturated carbocycles. The zero-order valence-electron chi connectivity index (χ0n) is 13.1. The summed E-state index contributed by atoms with van der Waals surface area (Å²) in [6.07, 6.45) is 0.499. The van der Waals surface area contributed by atoms with E-state index in [0.717, 1.165) is 11.3 Å². The molecule has 0 atom stereocenters. The molecule has 0 saturated heterocycles. The van der Waals surface area contributed by atoms with Gasteiger partial charge in [0, 0.05) is 18.7 Å². The van der Waals surface area contributed by atoms with E-state index < -0.39 is 0 Å². The fourth-order valence-corrected chi connectivity index (χ4v) is 2.40.